The fourth-order valence-electron chi connectivity index (χ4n) is 2.96. The first-order chi connectivity index (χ1) is 11.8. The molecule has 0 aliphatic carbocycles. The highest BCUT2D eigenvalue weighted by Gasteiger charge is 2.23. The van der Waals surface area contributed by atoms with E-state index >= 15 is 0 Å². The molecular formula is C19H23N3O2. The summed E-state index contributed by atoms with van der Waals surface area (Å²) >= 11 is 0. The molecule has 1 aliphatic heterocycles. The van der Waals surface area contributed by atoms with Crippen LogP contribution in [-0.4, -0.2) is 40.6 Å². The Hall–Kier alpha value is -2.40. The van der Waals surface area contributed by atoms with Crippen LogP contribution in [0.4, 0.5) is 5.69 Å². The van der Waals surface area contributed by atoms with E-state index in [1.807, 2.05) is 47.4 Å². The molecule has 1 fully saturated rings. The van der Waals surface area contributed by atoms with Crippen molar-refractivity contribution in [2.45, 2.75) is 19.4 Å². The van der Waals surface area contributed by atoms with Gasteiger partial charge >= 0.3 is 0 Å². The third kappa shape index (κ3) is 4.11. The van der Waals surface area contributed by atoms with Crippen molar-refractivity contribution in [3.63, 3.8) is 0 Å². The van der Waals surface area contributed by atoms with Crippen molar-refractivity contribution in [1.82, 2.24) is 9.88 Å². The molecule has 0 atom stereocenters. The predicted molar refractivity (Wildman–Crippen MR) is 93.7 cm³/mol. The molecule has 0 bridgehead atoms. The number of anilines is 1. The van der Waals surface area contributed by atoms with Crippen LogP contribution < -0.4 is 5.32 Å². The first kappa shape index (κ1) is 16.5. The second-order valence-corrected chi connectivity index (χ2v) is 6.17. The Kier molecular flexibility index (Phi) is 5.43. The maximum absolute atomic E-state index is 12.6. The van der Waals surface area contributed by atoms with E-state index in [2.05, 4.69) is 10.3 Å². The number of carbonyl (C=O) groups is 1. The summed E-state index contributed by atoms with van der Waals surface area (Å²) in [5.41, 5.74) is 2.57. The van der Waals surface area contributed by atoms with Crippen LogP contribution in [0.3, 0.4) is 0 Å². The Balaban J connectivity index is 1.61. The largest absolute Gasteiger partial charge is 0.396 e. The van der Waals surface area contributed by atoms with Gasteiger partial charge in [-0.3, -0.25) is 9.78 Å². The van der Waals surface area contributed by atoms with Crippen LogP contribution in [-0.2, 0) is 6.54 Å². The molecule has 1 saturated heterocycles. The molecular weight excluding hydrogens is 302 g/mol. The van der Waals surface area contributed by atoms with Gasteiger partial charge in [0.1, 0.15) is 0 Å². The van der Waals surface area contributed by atoms with Crippen molar-refractivity contribution in [3.05, 3.63) is 59.9 Å². The Morgan fingerprint density at radius 1 is 1.21 bits per heavy atom. The number of likely N-dealkylation sites (tertiary alicyclic amines) is 1. The van der Waals surface area contributed by atoms with Gasteiger partial charge in [-0.25, -0.2) is 0 Å². The number of hydrogen-bond donors (Lipinski definition) is 2. The van der Waals surface area contributed by atoms with Gasteiger partial charge in [0.25, 0.3) is 5.91 Å². The molecule has 1 amide bonds. The summed E-state index contributed by atoms with van der Waals surface area (Å²) in [5.74, 6) is 0.397. The summed E-state index contributed by atoms with van der Waals surface area (Å²) in [4.78, 5) is 18.8. The zero-order valence-electron chi connectivity index (χ0n) is 13.7. The first-order valence-electron chi connectivity index (χ1n) is 8.40. The van der Waals surface area contributed by atoms with Crippen molar-refractivity contribution in [1.29, 1.82) is 0 Å². The van der Waals surface area contributed by atoms with Crippen molar-refractivity contribution >= 4 is 11.6 Å². The van der Waals surface area contributed by atoms with Crippen molar-refractivity contribution in [3.8, 4) is 0 Å². The Labute approximate surface area is 142 Å². The van der Waals surface area contributed by atoms with Crippen molar-refractivity contribution in [2.24, 2.45) is 5.92 Å². The fourth-order valence-corrected chi connectivity index (χ4v) is 2.96. The average molecular weight is 325 g/mol. The molecule has 1 aromatic heterocycles. The molecule has 3 rings (SSSR count). The molecule has 0 saturated carbocycles. The number of aromatic nitrogens is 1. The third-order valence-electron chi connectivity index (χ3n) is 4.47. The van der Waals surface area contributed by atoms with Crippen LogP contribution in [0.1, 0.15) is 28.9 Å². The lowest BCUT2D eigenvalue weighted by Gasteiger charge is -2.31. The standard InChI is InChI=1S/C19H23N3O2/c23-14-15-7-10-22(11-8-15)19(24)16-4-3-6-17(12-16)21-13-18-5-1-2-9-20-18/h1-6,9,12,15,21,23H,7-8,10-11,13-14H2. The van der Waals surface area contributed by atoms with E-state index in [4.69, 9.17) is 0 Å². The summed E-state index contributed by atoms with van der Waals surface area (Å²) in [6.45, 7) is 2.28. The Morgan fingerprint density at radius 3 is 2.75 bits per heavy atom. The second kappa shape index (κ2) is 7.93. The topological polar surface area (TPSA) is 65.5 Å². The minimum absolute atomic E-state index is 0.0628. The van der Waals surface area contributed by atoms with Crippen LogP contribution in [0.15, 0.2) is 48.7 Å². The predicted octanol–water partition coefficient (Wildman–Crippen LogP) is 2.54. The number of rotatable bonds is 5. The van der Waals surface area contributed by atoms with E-state index in [9.17, 15) is 9.90 Å². The van der Waals surface area contributed by atoms with Crippen LogP contribution in [0, 0.1) is 5.92 Å². The summed E-state index contributed by atoms with van der Waals surface area (Å²) in [7, 11) is 0. The number of benzene rings is 1. The molecule has 2 heterocycles. The maximum atomic E-state index is 12.6. The molecule has 0 unspecified atom stereocenters. The highest BCUT2D eigenvalue weighted by molar-refractivity contribution is 5.95. The lowest BCUT2D eigenvalue weighted by Crippen LogP contribution is -2.39. The number of carbonyl (C=O) groups excluding carboxylic acids is 1. The van der Waals surface area contributed by atoms with E-state index in [0.29, 0.717) is 18.0 Å². The van der Waals surface area contributed by atoms with Gasteiger partial charge in [0, 0.05) is 37.1 Å². The summed E-state index contributed by atoms with van der Waals surface area (Å²) < 4.78 is 0. The van der Waals surface area contributed by atoms with Gasteiger partial charge in [0.05, 0.1) is 12.2 Å². The smallest absolute Gasteiger partial charge is 0.253 e. The summed E-state index contributed by atoms with van der Waals surface area (Å²) in [6.07, 6.45) is 3.52. The van der Waals surface area contributed by atoms with E-state index in [1.165, 1.54) is 0 Å². The van der Waals surface area contributed by atoms with Crippen LogP contribution >= 0.6 is 0 Å². The number of aliphatic hydroxyl groups excluding tert-OH is 1. The molecule has 2 aromatic rings. The SMILES string of the molecule is O=C(c1cccc(NCc2ccccn2)c1)N1CCC(CO)CC1. The van der Waals surface area contributed by atoms with Gasteiger partial charge in [-0.2, -0.15) is 0 Å². The molecule has 1 aromatic carbocycles. The molecule has 24 heavy (non-hydrogen) atoms. The van der Waals surface area contributed by atoms with Gasteiger partial charge in [0.2, 0.25) is 0 Å². The van der Waals surface area contributed by atoms with Gasteiger partial charge in [-0.1, -0.05) is 12.1 Å². The highest BCUT2D eigenvalue weighted by atomic mass is 16.3. The summed E-state index contributed by atoms with van der Waals surface area (Å²) in [6, 6.07) is 13.4. The lowest BCUT2D eigenvalue weighted by atomic mass is 9.97. The monoisotopic (exact) mass is 325 g/mol. The van der Waals surface area contributed by atoms with Gasteiger partial charge in [-0.05, 0) is 49.1 Å². The number of aliphatic hydroxyl groups is 1. The zero-order chi connectivity index (χ0) is 16.8. The van der Waals surface area contributed by atoms with Gasteiger partial charge < -0.3 is 15.3 Å². The molecule has 0 spiro atoms. The van der Waals surface area contributed by atoms with E-state index in [1.54, 1.807) is 6.20 Å². The molecule has 126 valence electrons. The average Bonchev–Trinajstić information content (AvgIpc) is 2.67. The number of hydrogen-bond acceptors (Lipinski definition) is 4. The number of amides is 1. The van der Waals surface area contributed by atoms with Crippen LogP contribution in [0.25, 0.3) is 0 Å². The number of nitrogens with zero attached hydrogens (tertiary/aromatic N) is 2. The highest BCUT2D eigenvalue weighted by Crippen LogP contribution is 2.20. The molecule has 1 aliphatic rings. The minimum atomic E-state index is 0.0628. The third-order valence-corrected chi connectivity index (χ3v) is 4.47. The van der Waals surface area contributed by atoms with Gasteiger partial charge in [0.15, 0.2) is 0 Å². The van der Waals surface area contributed by atoms with Crippen LogP contribution in [0.2, 0.25) is 0 Å². The molecule has 2 N–H and O–H groups in total. The minimum Gasteiger partial charge on any atom is -0.396 e. The Morgan fingerprint density at radius 2 is 2.04 bits per heavy atom. The lowest BCUT2D eigenvalue weighted by molar-refractivity contribution is 0.0651. The van der Waals surface area contributed by atoms with Crippen molar-refractivity contribution < 1.29 is 9.90 Å². The summed E-state index contributed by atoms with van der Waals surface area (Å²) in [5, 5.41) is 12.5. The fraction of sp³-hybridized carbons (Fsp3) is 0.368. The van der Waals surface area contributed by atoms with E-state index in [-0.39, 0.29) is 12.5 Å². The van der Waals surface area contributed by atoms with E-state index in [0.717, 1.165) is 37.3 Å². The quantitative estimate of drug-likeness (QED) is 0.887. The first-order valence-corrected chi connectivity index (χ1v) is 8.40. The number of pyridine rings is 1. The molecule has 5 nitrogen and oxygen atoms in total. The maximum Gasteiger partial charge on any atom is 0.253 e. The Bertz CT molecular complexity index is 667. The van der Waals surface area contributed by atoms with Crippen molar-refractivity contribution in [2.75, 3.05) is 25.0 Å². The number of nitrogens with one attached hydrogen (secondary N) is 1. The normalized spacial score (nSPS) is 15.3. The zero-order valence-corrected chi connectivity index (χ0v) is 13.7. The van der Waals surface area contributed by atoms with Gasteiger partial charge in [-0.15, -0.1) is 0 Å². The van der Waals surface area contributed by atoms with Crippen LogP contribution in [0.5, 0.6) is 0 Å². The molecule has 0 radical (unpaired) electrons. The second-order valence-electron chi connectivity index (χ2n) is 6.17. The van der Waals surface area contributed by atoms with E-state index < -0.39 is 0 Å². The molecule has 5 heteroatoms. The number of piperidine rings is 1.